The fraction of sp³-hybridized carbons (Fsp3) is 0.133. The van der Waals surface area contributed by atoms with E-state index >= 15 is 0 Å². The van der Waals surface area contributed by atoms with Crippen LogP contribution in [0.2, 0.25) is 5.02 Å². The summed E-state index contributed by atoms with van der Waals surface area (Å²) in [5.41, 5.74) is 0. The Balaban J connectivity index is 2.12. The molecule has 1 amide bonds. The van der Waals surface area contributed by atoms with Crippen LogP contribution in [0.1, 0.15) is 6.92 Å². The molecule has 0 saturated heterocycles. The second kappa shape index (κ2) is 7.33. The summed E-state index contributed by atoms with van der Waals surface area (Å²) in [6.45, 7) is 1.57. The first-order valence-corrected chi connectivity index (χ1v) is 9.27. The minimum Gasteiger partial charge on any atom is -0.273 e. The Hall–Kier alpha value is -1.57. The number of nitrogens with one attached hydrogen (secondary N) is 1. The van der Waals surface area contributed by atoms with Crippen molar-refractivity contribution >= 4 is 39.3 Å². The van der Waals surface area contributed by atoms with E-state index < -0.39 is 31.9 Å². The second-order valence-electron chi connectivity index (χ2n) is 4.62. The largest absolute Gasteiger partial charge is 0.273 e. The lowest BCUT2D eigenvalue weighted by molar-refractivity contribution is -0.118. The summed E-state index contributed by atoms with van der Waals surface area (Å²) in [5, 5.41) is -0.594. The van der Waals surface area contributed by atoms with Gasteiger partial charge in [0.15, 0.2) is 0 Å². The molecule has 0 radical (unpaired) electrons. The van der Waals surface area contributed by atoms with Crippen LogP contribution in [0.3, 0.4) is 0 Å². The summed E-state index contributed by atoms with van der Waals surface area (Å²) >= 11 is 6.79. The van der Waals surface area contributed by atoms with Crippen LogP contribution in [0.4, 0.5) is 4.39 Å². The summed E-state index contributed by atoms with van der Waals surface area (Å²) < 4.78 is 39.8. The smallest absolute Gasteiger partial charge is 0.266 e. The SMILES string of the molecule is CC(Sc1ccccc1)C(=O)NS(=O)(=O)c1ccc(Cl)cc1F. The van der Waals surface area contributed by atoms with Crippen molar-refractivity contribution in [2.45, 2.75) is 22.0 Å². The predicted octanol–water partition coefficient (Wildman–Crippen LogP) is 3.46. The highest BCUT2D eigenvalue weighted by molar-refractivity contribution is 8.00. The molecular formula is C15H13ClFNO3S2. The third-order valence-electron chi connectivity index (χ3n) is 2.84. The van der Waals surface area contributed by atoms with Crippen molar-refractivity contribution in [2.24, 2.45) is 0 Å². The van der Waals surface area contributed by atoms with Crippen LogP contribution in [0, 0.1) is 5.82 Å². The number of thioether (sulfide) groups is 1. The summed E-state index contributed by atoms with van der Waals surface area (Å²) in [6, 6.07) is 12.2. The minimum absolute atomic E-state index is 0.0702. The minimum atomic E-state index is -4.29. The van der Waals surface area contributed by atoms with Gasteiger partial charge < -0.3 is 0 Å². The molecule has 0 aromatic heterocycles. The van der Waals surface area contributed by atoms with Crippen LogP contribution < -0.4 is 4.72 Å². The van der Waals surface area contributed by atoms with Gasteiger partial charge in [-0.15, -0.1) is 11.8 Å². The molecule has 1 atom stereocenters. The summed E-state index contributed by atoms with van der Waals surface area (Å²) in [4.78, 5) is 12.3. The zero-order valence-electron chi connectivity index (χ0n) is 12.0. The molecule has 4 nitrogen and oxygen atoms in total. The molecule has 0 saturated carbocycles. The van der Waals surface area contributed by atoms with Gasteiger partial charge in [0, 0.05) is 9.92 Å². The normalized spacial score (nSPS) is 12.7. The third-order valence-corrected chi connectivity index (χ3v) is 5.57. The molecule has 2 rings (SSSR count). The molecule has 1 unspecified atom stereocenters. The molecule has 1 N–H and O–H groups in total. The number of rotatable bonds is 5. The van der Waals surface area contributed by atoms with Gasteiger partial charge in [-0.05, 0) is 37.3 Å². The van der Waals surface area contributed by atoms with E-state index in [1.54, 1.807) is 6.92 Å². The van der Waals surface area contributed by atoms with Gasteiger partial charge in [-0.25, -0.2) is 17.5 Å². The summed E-state index contributed by atoms with van der Waals surface area (Å²) in [7, 11) is -4.29. The lowest BCUT2D eigenvalue weighted by Gasteiger charge is -2.13. The molecule has 0 aliphatic rings. The maximum atomic E-state index is 13.7. The number of sulfonamides is 1. The van der Waals surface area contributed by atoms with Crippen molar-refractivity contribution in [2.75, 3.05) is 0 Å². The molecule has 0 aliphatic heterocycles. The van der Waals surface area contributed by atoms with Crippen molar-refractivity contribution in [1.29, 1.82) is 0 Å². The molecule has 0 fully saturated rings. The molecule has 0 heterocycles. The number of carbonyl (C=O) groups is 1. The van der Waals surface area contributed by atoms with Crippen molar-refractivity contribution < 1.29 is 17.6 Å². The Morgan fingerprint density at radius 3 is 2.48 bits per heavy atom. The molecule has 0 spiro atoms. The van der Waals surface area contributed by atoms with Gasteiger partial charge >= 0.3 is 0 Å². The molecule has 0 bridgehead atoms. The van der Waals surface area contributed by atoms with Crippen molar-refractivity contribution in [3.05, 3.63) is 59.4 Å². The maximum absolute atomic E-state index is 13.7. The Labute approximate surface area is 143 Å². The number of hydrogen-bond acceptors (Lipinski definition) is 4. The van der Waals surface area contributed by atoms with Gasteiger partial charge in [-0.3, -0.25) is 4.79 Å². The topological polar surface area (TPSA) is 63.2 Å². The highest BCUT2D eigenvalue weighted by Gasteiger charge is 2.25. The van der Waals surface area contributed by atoms with Crippen LogP contribution in [0.15, 0.2) is 58.3 Å². The Kier molecular flexibility index (Phi) is 5.67. The fourth-order valence-corrected chi connectivity index (χ4v) is 3.96. The average molecular weight is 374 g/mol. The zero-order valence-corrected chi connectivity index (χ0v) is 14.4. The van der Waals surface area contributed by atoms with E-state index in [2.05, 4.69) is 0 Å². The van der Waals surface area contributed by atoms with E-state index in [-0.39, 0.29) is 5.02 Å². The average Bonchev–Trinajstić information content (AvgIpc) is 2.47. The first-order valence-electron chi connectivity index (χ1n) is 6.53. The first kappa shape index (κ1) is 17.8. The van der Waals surface area contributed by atoms with Gasteiger partial charge in [0.25, 0.3) is 10.0 Å². The zero-order chi connectivity index (χ0) is 17.0. The van der Waals surface area contributed by atoms with Gasteiger partial charge in [0.1, 0.15) is 10.7 Å². The molecule has 8 heteroatoms. The van der Waals surface area contributed by atoms with Crippen LogP contribution in [-0.2, 0) is 14.8 Å². The van der Waals surface area contributed by atoms with Crippen molar-refractivity contribution in [1.82, 2.24) is 4.72 Å². The summed E-state index contributed by atoms with van der Waals surface area (Å²) in [6.07, 6.45) is 0. The monoisotopic (exact) mass is 373 g/mol. The Morgan fingerprint density at radius 2 is 1.87 bits per heavy atom. The van der Waals surface area contributed by atoms with Crippen molar-refractivity contribution in [3.8, 4) is 0 Å². The van der Waals surface area contributed by atoms with Crippen LogP contribution in [0.5, 0.6) is 0 Å². The van der Waals surface area contributed by atoms with Gasteiger partial charge in [0.2, 0.25) is 5.91 Å². The van der Waals surface area contributed by atoms with E-state index in [1.807, 2.05) is 35.1 Å². The highest BCUT2D eigenvalue weighted by Crippen LogP contribution is 2.24. The van der Waals surface area contributed by atoms with E-state index in [1.165, 1.54) is 17.8 Å². The fourth-order valence-electron chi connectivity index (χ4n) is 1.72. The third kappa shape index (κ3) is 4.70. The van der Waals surface area contributed by atoms with E-state index in [9.17, 15) is 17.6 Å². The van der Waals surface area contributed by atoms with Crippen LogP contribution in [0.25, 0.3) is 0 Å². The molecule has 2 aromatic rings. The maximum Gasteiger partial charge on any atom is 0.266 e. The van der Waals surface area contributed by atoms with Crippen molar-refractivity contribution in [3.63, 3.8) is 0 Å². The molecule has 122 valence electrons. The Morgan fingerprint density at radius 1 is 1.22 bits per heavy atom. The van der Waals surface area contributed by atoms with Crippen LogP contribution in [-0.4, -0.2) is 19.6 Å². The number of carbonyl (C=O) groups excluding carboxylic acids is 1. The van der Waals surface area contributed by atoms with Crippen LogP contribution >= 0.6 is 23.4 Å². The molecule has 23 heavy (non-hydrogen) atoms. The predicted molar refractivity (Wildman–Crippen MR) is 88.5 cm³/mol. The molecular weight excluding hydrogens is 361 g/mol. The van der Waals surface area contributed by atoms with Gasteiger partial charge in [-0.2, -0.15) is 0 Å². The van der Waals surface area contributed by atoms with Gasteiger partial charge in [-0.1, -0.05) is 29.8 Å². The number of halogens is 2. The van der Waals surface area contributed by atoms with E-state index in [0.29, 0.717) is 0 Å². The molecule has 2 aromatic carbocycles. The van der Waals surface area contributed by atoms with E-state index in [0.717, 1.165) is 17.0 Å². The highest BCUT2D eigenvalue weighted by atomic mass is 35.5. The van der Waals surface area contributed by atoms with Gasteiger partial charge in [0.05, 0.1) is 5.25 Å². The first-order chi connectivity index (χ1) is 10.8. The van der Waals surface area contributed by atoms with E-state index in [4.69, 9.17) is 11.6 Å². The standard InChI is InChI=1S/C15H13ClFNO3S2/c1-10(22-12-5-3-2-4-6-12)15(19)18-23(20,21)14-8-7-11(16)9-13(14)17/h2-10H,1H3,(H,18,19). The number of hydrogen-bond donors (Lipinski definition) is 1. The number of benzene rings is 2. The Bertz CT molecular complexity index is 813. The lowest BCUT2D eigenvalue weighted by atomic mass is 10.3. The number of amides is 1. The quantitative estimate of drug-likeness (QED) is 0.815. The summed E-state index contributed by atoms with van der Waals surface area (Å²) in [5.74, 6) is -1.74. The molecule has 0 aliphatic carbocycles. The second-order valence-corrected chi connectivity index (χ2v) is 8.12. The lowest BCUT2D eigenvalue weighted by Crippen LogP contribution is -2.36.